The summed E-state index contributed by atoms with van der Waals surface area (Å²) in [4.78, 5) is 8.29. The topological polar surface area (TPSA) is 72.1 Å². The van der Waals surface area contributed by atoms with E-state index in [0.29, 0.717) is 30.6 Å². The Bertz CT molecular complexity index is 884. The normalized spacial score (nSPS) is 16.8. The molecule has 2 aromatic heterocycles. The largest absolute Gasteiger partial charge is 0.494 e. The average Bonchev–Trinajstić information content (AvgIpc) is 3.16. The number of morpholine rings is 1. The molecule has 7 nitrogen and oxygen atoms in total. The quantitative estimate of drug-likeness (QED) is 0.740. The molecule has 8 heteroatoms. The van der Waals surface area contributed by atoms with Crippen molar-refractivity contribution in [3.63, 3.8) is 0 Å². The van der Waals surface area contributed by atoms with Crippen LogP contribution in [0.3, 0.4) is 0 Å². The van der Waals surface area contributed by atoms with Crippen molar-refractivity contribution >= 4 is 16.3 Å². The first kappa shape index (κ1) is 17.3. The number of aryl methyl sites for hydroxylation is 1. The molecule has 1 fully saturated rings. The van der Waals surface area contributed by atoms with Gasteiger partial charge in [0, 0.05) is 13.1 Å². The predicted octanol–water partition coefficient (Wildman–Crippen LogP) is 2.63. The number of hydrogen-bond donors (Lipinski definition) is 1. The summed E-state index contributed by atoms with van der Waals surface area (Å²) in [6, 6.07) is 8.01. The van der Waals surface area contributed by atoms with E-state index in [-0.39, 0.29) is 11.9 Å². The van der Waals surface area contributed by atoms with Crippen molar-refractivity contribution in [2.75, 3.05) is 32.9 Å². The van der Waals surface area contributed by atoms with Crippen LogP contribution >= 0.6 is 11.3 Å². The second-order valence-electron chi connectivity index (χ2n) is 6.20. The van der Waals surface area contributed by atoms with Crippen LogP contribution in [0.15, 0.2) is 24.3 Å². The fourth-order valence-corrected chi connectivity index (χ4v) is 4.47. The van der Waals surface area contributed by atoms with Gasteiger partial charge in [-0.3, -0.25) is 4.90 Å². The molecule has 1 N–H and O–H groups in total. The van der Waals surface area contributed by atoms with Gasteiger partial charge in [-0.1, -0.05) is 23.5 Å². The molecule has 4 rings (SSSR count). The van der Waals surface area contributed by atoms with Crippen LogP contribution in [0.5, 0.6) is 11.6 Å². The highest BCUT2D eigenvalue weighted by Crippen LogP contribution is 2.40. The lowest BCUT2D eigenvalue weighted by Crippen LogP contribution is -2.39. The number of fused-ring (bicyclic) bond motifs is 1. The maximum Gasteiger partial charge on any atom is 0.230 e. The van der Waals surface area contributed by atoms with Gasteiger partial charge in [0.05, 0.1) is 30.7 Å². The molecule has 138 valence electrons. The van der Waals surface area contributed by atoms with Crippen molar-refractivity contribution in [3.05, 3.63) is 40.5 Å². The molecule has 26 heavy (non-hydrogen) atoms. The van der Waals surface area contributed by atoms with E-state index in [0.717, 1.165) is 29.3 Å². The summed E-state index contributed by atoms with van der Waals surface area (Å²) in [5.41, 5.74) is 1.10. The number of thiazole rings is 1. The molecule has 0 amide bonds. The highest BCUT2D eigenvalue weighted by Gasteiger charge is 2.30. The molecule has 0 radical (unpaired) electrons. The summed E-state index contributed by atoms with van der Waals surface area (Å²) in [7, 11) is 0. The van der Waals surface area contributed by atoms with Crippen LogP contribution in [0.2, 0.25) is 0 Å². The lowest BCUT2D eigenvalue weighted by atomic mass is 10.0. The maximum atomic E-state index is 10.8. The molecule has 0 bridgehead atoms. The van der Waals surface area contributed by atoms with Gasteiger partial charge in [0.15, 0.2) is 0 Å². The Balaban J connectivity index is 1.76. The second kappa shape index (κ2) is 7.22. The molecular formula is C18H22N4O3S. The van der Waals surface area contributed by atoms with Crippen molar-refractivity contribution in [2.24, 2.45) is 0 Å². The third-order valence-electron chi connectivity index (χ3n) is 4.47. The van der Waals surface area contributed by atoms with E-state index in [2.05, 4.69) is 27.1 Å². The Kier molecular flexibility index (Phi) is 4.80. The lowest BCUT2D eigenvalue weighted by Gasteiger charge is -2.34. The van der Waals surface area contributed by atoms with Gasteiger partial charge in [-0.05, 0) is 31.5 Å². The Morgan fingerprint density at radius 3 is 2.65 bits per heavy atom. The SMILES string of the molecule is CCOc1ccc(C(c2sc3nc(C)nn3c2O)N2CCOCC2)cc1. The highest BCUT2D eigenvalue weighted by atomic mass is 32.1. The van der Waals surface area contributed by atoms with Crippen LogP contribution < -0.4 is 4.74 Å². The molecular weight excluding hydrogens is 352 g/mol. The minimum atomic E-state index is -0.0663. The van der Waals surface area contributed by atoms with Crippen LogP contribution in [0.25, 0.3) is 4.96 Å². The summed E-state index contributed by atoms with van der Waals surface area (Å²) < 4.78 is 12.6. The minimum Gasteiger partial charge on any atom is -0.494 e. The van der Waals surface area contributed by atoms with Gasteiger partial charge >= 0.3 is 0 Å². The zero-order chi connectivity index (χ0) is 18.1. The maximum absolute atomic E-state index is 10.8. The molecule has 1 aliphatic heterocycles. The van der Waals surface area contributed by atoms with Crippen molar-refractivity contribution in [3.8, 4) is 11.6 Å². The molecule has 0 saturated carbocycles. The van der Waals surface area contributed by atoms with Crippen LogP contribution in [0.1, 0.15) is 29.2 Å². The summed E-state index contributed by atoms with van der Waals surface area (Å²) >= 11 is 1.48. The Hall–Kier alpha value is -2.16. The number of benzene rings is 1. The predicted molar refractivity (Wildman–Crippen MR) is 99.1 cm³/mol. The summed E-state index contributed by atoms with van der Waals surface area (Å²) in [6.45, 7) is 7.43. The zero-order valence-corrected chi connectivity index (χ0v) is 15.7. The lowest BCUT2D eigenvalue weighted by molar-refractivity contribution is 0.0241. The number of hydrogen-bond acceptors (Lipinski definition) is 7. The van der Waals surface area contributed by atoms with Crippen LogP contribution in [0, 0.1) is 6.92 Å². The summed E-state index contributed by atoms with van der Waals surface area (Å²) in [5, 5.41) is 15.1. The van der Waals surface area contributed by atoms with Crippen molar-refractivity contribution < 1.29 is 14.6 Å². The van der Waals surface area contributed by atoms with Crippen LogP contribution in [0.4, 0.5) is 0 Å². The number of ether oxygens (including phenoxy) is 2. The van der Waals surface area contributed by atoms with Gasteiger partial charge in [0.25, 0.3) is 0 Å². The Morgan fingerprint density at radius 2 is 2.00 bits per heavy atom. The van der Waals surface area contributed by atoms with E-state index in [9.17, 15) is 5.11 Å². The zero-order valence-electron chi connectivity index (χ0n) is 14.9. The number of aromatic nitrogens is 3. The molecule has 1 saturated heterocycles. The molecule has 3 aromatic rings. The Morgan fingerprint density at radius 1 is 1.27 bits per heavy atom. The van der Waals surface area contributed by atoms with Gasteiger partial charge < -0.3 is 14.6 Å². The first-order valence-electron chi connectivity index (χ1n) is 8.77. The third-order valence-corrected chi connectivity index (χ3v) is 5.54. The van der Waals surface area contributed by atoms with Gasteiger partial charge in [0.2, 0.25) is 10.8 Å². The van der Waals surface area contributed by atoms with E-state index < -0.39 is 0 Å². The van der Waals surface area contributed by atoms with Gasteiger partial charge in [-0.15, -0.1) is 5.10 Å². The summed E-state index contributed by atoms with van der Waals surface area (Å²) in [5.74, 6) is 1.66. The first-order chi connectivity index (χ1) is 12.7. The first-order valence-corrected chi connectivity index (χ1v) is 9.58. The second-order valence-corrected chi connectivity index (χ2v) is 7.21. The molecule has 1 aliphatic rings. The fraction of sp³-hybridized carbons (Fsp3) is 0.444. The van der Waals surface area contributed by atoms with Crippen LogP contribution in [-0.2, 0) is 4.74 Å². The fourth-order valence-electron chi connectivity index (χ4n) is 3.30. The van der Waals surface area contributed by atoms with Crippen molar-refractivity contribution in [1.82, 2.24) is 19.5 Å². The van der Waals surface area contributed by atoms with E-state index in [1.807, 2.05) is 26.0 Å². The van der Waals surface area contributed by atoms with Crippen LogP contribution in [-0.4, -0.2) is 57.5 Å². The molecule has 1 atom stereocenters. The molecule has 1 aromatic carbocycles. The van der Waals surface area contributed by atoms with Gasteiger partial charge in [-0.25, -0.2) is 4.98 Å². The van der Waals surface area contributed by atoms with E-state index >= 15 is 0 Å². The van der Waals surface area contributed by atoms with Crippen molar-refractivity contribution in [1.29, 1.82) is 0 Å². The molecule has 1 unspecified atom stereocenters. The number of aromatic hydroxyl groups is 1. The standard InChI is InChI=1S/C18H22N4O3S/c1-3-25-14-6-4-13(5-7-14)15(21-8-10-24-11-9-21)16-17(23)22-18(26-16)19-12(2)20-22/h4-7,15,23H,3,8-11H2,1-2H3. The minimum absolute atomic E-state index is 0.0663. The highest BCUT2D eigenvalue weighted by molar-refractivity contribution is 7.17. The number of rotatable bonds is 5. The molecule has 0 spiro atoms. The molecule has 3 heterocycles. The smallest absolute Gasteiger partial charge is 0.230 e. The van der Waals surface area contributed by atoms with Gasteiger partial charge in [0.1, 0.15) is 11.6 Å². The average molecular weight is 374 g/mol. The number of nitrogens with zero attached hydrogens (tertiary/aromatic N) is 4. The molecule has 0 aliphatic carbocycles. The van der Waals surface area contributed by atoms with Gasteiger partial charge in [-0.2, -0.15) is 4.52 Å². The van der Waals surface area contributed by atoms with E-state index in [1.54, 1.807) is 0 Å². The third kappa shape index (κ3) is 3.15. The summed E-state index contributed by atoms with van der Waals surface area (Å²) in [6.07, 6.45) is 0. The van der Waals surface area contributed by atoms with E-state index in [4.69, 9.17) is 9.47 Å². The Labute approximate surface area is 155 Å². The van der Waals surface area contributed by atoms with Crippen molar-refractivity contribution in [2.45, 2.75) is 19.9 Å². The monoisotopic (exact) mass is 374 g/mol. The van der Waals surface area contributed by atoms with E-state index in [1.165, 1.54) is 15.9 Å².